The minimum absolute atomic E-state index is 0.0493. The molecule has 1 nitrogen and oxygen atoms in total. The highest BCUT2D eigenvalue weighted by atomic mass is 79.9. The van der Waals surface area contributed by atoms with Gasteiger partial charge in [0.15, 0.2) is 0 Å². The Kier molecular flexibility index (Phi) is 4.25. The molecule has 0 saturated carbocycles. The molecule has 1 atom stereocenters. The van der Waals surface area contributed by atoms with Crippen LogP contribution >= 0.6 is 15.9 Å². The van der Waals surface area contributed by atoms with Gasteiger partial charge in [-0.05, 0) is 71.6 Å². The lowest BCUT2D eigenvalue weighted by Crippen LogP contribution is -2.07. The molecule has 0 aromatic heterocycles. The molecule has 19 heavy (non-hydrogen) atoms. The molecule has 1 unspecified atom stereocenters. The van der Waals surface area contributed by atoms with Crippen LogP contribution in [-0.4, -0.2) is 0 Å². The highest BCUT2D eigenvalue weighted by Gasteiger charge is 2.09. The van der Waals surface area contributed by atoms with Gasteiger partial charge in [-0.1, -0.05) is 18.2 Å². The summed E-state index contributed by atoms with van der Waals surface area (Å²) < 4.78 is 14.6. The van der Waals surface area contributed by atoms with E-state index < -0.39 is 0 Å². The first-order valence-corrected chi connectivity index (χ1v) is 7.05. The van der Waals surface area contributed by atoms with Crippen LogP contribution in [0.5, 0.6) is 0 Å². The first kappa shape index (κ1) is 14.1. The van der Waals surface area contributed by atoms with E-state index in [1.807, 2.05) is 38.1 Å². The second-order valence-electron chi connectivity index (χ2n) is 4.86. The molecule has 0 aliphatic carbocycles. The first-order chi connectivity index (χ1) is 8.97. The fraction of sp³-hybridized carbons (Fsp3) is 0.250. The van der Waals surface area contributed by atoms with Crippen molar-refractivity contribution in [3.63, 3.8) is 0 Å². The molecule has 0 fully saturated rings. The van der Waals surface area contributed by atoms with E-state index in [2.05, 4.69) is 27.3 Å². The second kappa shape index (κ2) is 5.74. The summed E-state index contributed by atoms with van der Waals surface area (Å²) in [7, 11) is 0. The third kappa shape index (κ3) is 3.35. The fourth-order valence-electron chi connectivity index (χ4n) is 1.94. The lowest BCUT2D eigenvalue weighted by Gasteiger charge is -2.18. The molecule has 2 aromatic rings. The van der Waals surface area contributed by atoms with Crippen molar-refractivity contribution in [2.24, 2.45) is 0 Å². The van der Waals surface area contributed by atoms with Crippen LogP contribution in [0.3, 0.4) is 0 Å². The van der Waals surface area contributed by atoms with Crippen molar-refractivity contribution in [1.82, 2.24) is 0 Å². The molecule has 0 radical (unpaired) electrons. The molecule has 0 bridgehead atoms. The van der Waals surface area contributed by atoms with E-state index in [0.717, 1.165) is 15.7 Å². The molecule has 3 heteroatoms. The average Bonchev–Trinajstić information content (AvgIpc) is 2.37. The van der Waals surface area contributed by atoms with Crippen LogP contribution in [0.4, 0.5) is 10.1 Å². The smallest absolute Gasteiger partial charge is 0.126 e. The molecular formula is C16H17BrFN. The third-order valence-corrected chi connectivity index (χ3v) is 3.88. The third-order valence-electron chi connectivity index (χ3n) is 3.19. The van der Waals surface area contributed by atoms with Crippen molar-refractivity contribution in [3.8, 4) is 0 Å². The Bertz CT molecular complexity index is 595. The largest absolute Gasteiger partial charge is 0.378 e. The number of benzene rings is 2. The molecule has 2 aromatic carbocycles. The van der Waals surface area contributed by atoms with E-state index in [9.17, 15) is 4.39 Å². The zero-order chi connectivity index (χ0) is 14.0. The summed E-state index contributed by atoms with van der Waals surface area (Å²) in [5.41, 5.74) is 3.82. The maximum absolute atomic E-state index is 13.6. The summed E-state index contributed by atoms with van der Waals surface area (Å²) in [6, 6.07) is 11.6. The van der Waals surface area contributed by atoms with Crippen molar-refractivity contribution < 1.29 is 4.39 Å². The summed E-state index contributed by atoms with van der Waals surface area (Å²) in [5, 5.41) is 3.40. The Morgan fingerprint density at radius 2 is 1.84 bits per heavy atom. The van der Waals surface area contributed by atoms with Gasteiger partial charge in [-0.2, -0.15) is 0 Å². The van der Waals surface area contributed by atoms with E-state index in [-0.39, 0.29) is 11.9 Å². The van der Waals surface area contributed by atoms with Gasteiger partial charge in [0.2, 0.25) is 0 Å². The van der Waals surface area contributed by atoms with E-state index in [1.165, 1.54) is 5.56 Å². The van der Waals surface area contributed by atoms with Gasteiger partial charge in [-0.25, -0.2) is 4.39 Å². The number of hydrogen-bond donors (Lipinski definition) is 1. The van der Waals surface area contributed by atoms with Crippen LogP contribution in [0.2, 0.25) is 0 Å². The predicted octanol–water partition coefficient (Wildman–Crippen LogP) is 5.38. The minimum Gasteiger partial charge on any atom is -0.378 e. The number of aryl methyl sites for hydroxylation is 2. The molecular weight excluding hydrogens is 305 g/mol. The molecule has 1 N–H and O–H groups in total. The molecule has 0 aliphatic rings. The zero-order valence-corrected chi connectivity index (χ0v) is 12.9. The first-order valence-electron chi connectivity index (χ1n) is 6.26. The number of halogens is 2. The second-order valence-corrected chi connectivity index (χ2v) is 5.71. The van der Waals surface area contributed by atoms with Crippen molar-refractivity contribution in [2.45, 2.75) is 26.8 Å². The highest BCUT2D eigenvalue weighted by Crippen LogP contribution is 2.28. The predicted molar refractivity (Wildman–Crippen MR) is 82.1 cm³/mol. The highest BCUT2D eigenvalue weighted by molar-refractivity contribution is 9.10. The molecule has 100 valence electrons. The van der Waals surface area contributed by atoms with E-state index in [0.29, 0.717) is 5.56 Å². The van der Waals surface area contributed by atoms with Gasteiger partial charge < -0.3 is 5.32 Å². The van der Waals surface area contributed by atoms with Crippen LogP contribution in [0, 0.1) is 19.7 Å². The average molecular weight is 322 g/mol. The monoisotopic (exact) mass is 321 g/mol. The van der Waals surface area contributed by atoms with E-state index in [1.54, 1.807) is 13.0 Å². The summed E-state index contributed by atoms with van der Waals surface area (Å²) in [4.78, 5) is 0. The van der Waals surface area contributed by atoms with Crippen molar-refractivity contribution in [3.05, 3.63) is 63.4 Å². The molecule has 0 aliphatic heterocycles. The minimum atomic E-state index is -0.158. The van der Waals surface area contributed by atoms with Gasteiger partial charge in [0.05, 0.1) is 0 Å². The normalized spacial score (nSPS) is 12.3. The van der Waals surface area contributed by atoms with Gasteiger partial charge in [0.25, 0.3) is 0 Å². The number of hydrogen-bond acceptors (Lipinski definition) is 1. The van der Waals surface area contributed by atoms with E-state index >= 15 is 0 Å². The van der Waals surface area contributed by atoms with Crippen molar-refractivity contribution in [2.75, 3.05) is 5.32 Å². The van der Waals surface area contributed by atoms with Crippen LogP contribution in [0.15, 0.2) is 40.9 Å². The summed E-state index contributed by atoms with van der Waals surface area (Å²) in [5.74, 6) is -0.158. The number of nitrogens with one attached hydrogen (secondary N) is 1. The summed E-state index contributed by atoms with van der Waals surface area (Å²) in [6.45, 7) is 5.85. The lowest BCUT2D eigenvalue weighted by atomic mass is 10.1. The Hall–Kier alpha value is -1.35. The maximum Gasteiger partial charge on any atom is 0.126 e. The fourth-order valence-corrected chi connectivity index (χ4v) is 2.31. The number of rotatable bonds is 3. The summed E-state index contributed by atoms with van der Waals surface area (Å²) >= 11 is 3.52. The zero-order valence-electron chi connectivity index (χ0n) is 11.3. The topological polar surface area (TPSA) is 12.0 Å². The van der Waals surface area contributed by atoms with Crippen LogP contribution < -0.4 is 5.32 Å². The maximum atomic E-state index is 13.6. The molecule has 0 heterocycles. The molecule has 0 amide bonds. The Balaban J connectivity index is 2.22. The molecule has 0 saturated heterocycles. The van der Waals surface area contributed by atoms with Crippen molar-refractivity contribution >= 4 is 21.6 Å². The van der Waals surface area contributed by atoms with Gasteiger partial charge in [0, 0.05) is 16.2 Å². The van der Waals surface area contributed by atoms with Gasteiger partial charge in [0.1, 0.15) is 5.82 Å². The van der Waals surface area contributed by atoms with E-state index in [4.69, 9.17) is 0 Å². The van der Waals surface area contributed by atoms with Gasteiger partial charge >= 0.3 is 0 Å². The van der Waals surface area contributed by atoms with Gasteiger partial charge in [-0.15, -0.1) is 0 Å². The lowest BCUT2D eigenvalue weighted by molar-refractivity contribution is 0.614. The van der Waals surface area contributed by atoms with Crippen LogP contribution in [-0.2, 0) is 0 Å². The standard InChI is InChI=1S/C16H17BrFN/c1-10-4-7-14(17)16(8-10)19-12(3)13-6-5-11(2)15(18)9-13/h4-9,12,19H,1-3H3. The Morgan fingerprint density at radius 1 is 1.11 bits per heavy atom. The van der Waals surface area contributed by atoms with Gasteiger partial charge in [-0.3, -0.25) is 0 Å². The van der Waals surface area contributed by atoms with Crippen LogP contribution in [0.1, 0.15) is 29.7 Å². The molecule has 2 rings (SSSR count). The van der Waals surface area contributed by atoms with Crippen molar-refractivity contribution in [1.29, 1.82) is 0 Å². The molecule has 0 spiro atoms. The quantitative estimate of drug-likeness (QED) is 0.800. The Labute approximate surface area is 122 Å². The summed E-state index contributed by atoms with van der Waals surface area (Å²) in [6.07, 6.45) is 0. The SMILES string of the molecule is Cc1ccc(Br)c(NC(C)c2ccc(C)c(F)c2)c1. The van der Waals surface area contributed by atoms with Crippen LogP contribution in [0.25, 0.3) is 0 Å². The number of anilines is 1. The Morgan fingerprint density at radius 3 is 2.53 bits per heavy atom.